The average molecular weight is 426 g/mol. The molecule has 5 heteroatoms. The third kappa shape index (κ3) is 4.65. The number of hydrogen-bond acceptors (Lipinski definition) is 3. The number of nitrogens with zero attached hydrogens (tertiary/aromatic N) is 3. The molecule has 0 spiro atoms. The summed E-state index contributed by atoms with van der Waals surface area (Å²) in [6, 6.07) is 14.9. The smallest absolute Gasteiger partial charge is 0.222 e. The first-order valence-electron chi connectivity index (χ1n) is 11.1. The van der Waals surface area contributed by atoms with Crippen LogP contribution in [0.5, 0.6) is 0 Å². The zero-order chi connectivity index (χ0) is 21.1. The SMILES string of the molecule is Cc1cccc(N2CCN(C3CCC(=O)N(Cc4ccccc4Cl)CC3)CC2)c1C. The van der Waals surface area contributed by atoms with Gasteiger partial charge in [-0.05, 0) is 55.5 Å². The van der Waals surface area contributed by atoms with Crippen molar-refractivity contribution in [3.05, 3.63) is 64.2 Å². The molecule has 160 valence electrons. The van der Waals surface area contributed by atoms with Gasteiger partial charge in [0.05, 0.1) is 0 Å². The Morgan fingerprint density at radius 3 is 2.47 bits per heavy atom. The van der Waals surface area contributed by atoms with Crippen molar-refractivity contribution >= 4 is 23.2 Å². The standard InChI is InChI=1S/C25H32ClN3O/c1-19-6-5-9-24(20(19)2)28-16-14-27(15-17-28)22-10-11-25(30)29(13-12-22)18-21-7-3-4-8-23(21)26/h3-9,22H,10-18H2,1-2H3. The van der Waals surface area contributed by atoms with Gasteiger partial charge < -0.3 is 9.80 Å². The summed E-state index contributed by atoms with van der Waals surface area (Å²) in [5.41, 5.74) is 5.15. The molecule has 0 aromatic heterocycles. The molecule has 2 aromatic carbocycles. The van der Waals surface area contributed by atoms with Crippen molar-refractivity contribution in [3.63, 3.8) is 0 Å². The maximum absolute atomic E-state index is 12.7. The Bertz CT molecular complexity index is 892. The van der Waals surface area contributed by atoms with Gasteiger partial charge in [0.1, 0.15) is 0 Å². The molecule has 1 unspecified atom stereocenters. The van der Waals surface area contributed by atoms with E-state index in [2.05, 4.69) is 41.8 Å². The monoisotopic (exact) mass is 425 g/mol. The Morgan fingerprint density at radius 1 is 0.933 bits per heavy atom. The minimum Gasteiger partial charge on any atom is -0.369 e. The van der Waals surface area contributed by atoms with E-state index < -0.39 is 0 Å². The number of carbonyl (C=O) groups is 1. The first kappa shape index (κ1) is 21.2. The lowest BCUT2D eigenvalue weighted by Gasteiger charge is -2.40. The Balaban J connectivity index is 1.34. The molecule has 4 nitrogen and oxygen atoms in total. The minimum atomic E-state index is 0.256. The third-order valence-electron chi connectivity index (χ3n) is 6.84. The number of amides is 1. The zero-order valence-corrected chi connectivity index (χ0v) is 18.9. The number of halogens is 1. The zero-order valence-electron chi connectivity index (χ0n) is 18.1. The summed E-state index contributed by atoms with van der Waals surface area (Å²) in [6.45, 7) is 10.1. The lowest BCUT2D eigenvalue weighted by molar-refractivity contribution is -0.131. The van der Waals surface area contributed by atoms with E-state index in [1.807, 2.05) is 29.2 Å². The van der Waals surface area contributed by atoms with E-state index in [4.69, 9.17) is 11.6 Å². The van der Waals surface area contributed by atoms with Crippen LogP contribution in [0.4, 0.5) is 5.69 Å². The topological polar surface area (TPSA) is 26.8 Å². The van der Waals surface area contributed by atoms with Crippen LogP contribution in [-0.4, -0.2) is 54.5 Å². The molecule has 0 radical (unpaired) electrons. The van der Waals surface area contributed by atoms with Crippen LogP contribution in [0.2, 0.25) is 5.02 Å². The van der Waals surface area contributed by atoms with E-state index in [9.17, 15) is 4.79 Å². The van der Waals surface area contributed by atoms with Crippen molar-refractivity contribution in [1.29, 1.82) is 0 Å². The van der Waals surface area contributed by atoms with Crippen LogP contribution in [0.15, 0.2) is 42.5 Å². The second-order valence-corrected chi connectivity index (χ2v) is 9.04. The lowest BCUT2D eigenvalue weighted by atomic mass is 10.0. The molecule has 0 saturated carbocycles. The van der Waals surface area contributed by atoms with E-state index in [-0.39, 0.29) is 5.91 Å². The van der Waals surface area contributed by atoms with Crippen molar-refractivity contribution in [2.45, 2.75) is 45.7 Å². The van der Waals surface area contributed by atoms with Crippen LogP contribution in [0.3, 0.4) is 0 Å². The van der Waals surface area contributed by atoms with E-state index in [0.717, 1.165) is 56.2 Å². The highest BCUT2D eigenvalue weighted by molar-refractivity contribution is 6.31. The van der Waals surface area contributed by atoms with E-state index >= 15 is 0 Å². The van der Waals surface area contributed by atoms with Gasteiger partial charge in [0.15, 0.2) is 0 Å². The molecule has 2 saturated heterocycles. The third-order valence-corrected chi connectivity index (χ3v) is 7.21. The molecule has 0 N–H and O–H groups in total. The molecule has 2 aromatic rings. The summed E-state index contributed by atoms with van der Waals surface area (Å²) in [7, 11) is 0. The second kappa shape index (κ2) is 9.40. The number of carbonyl (C=O) groups excluding carboxylic acids is 1. The minimum absolute atomic E-state index is 0.256. The molecule has 30 heavy (non-hydrogen) atoms. The van der Waals surface area contributed by atoms with Gasteiger partial charge in [0.25, 0.3) is 0 Å². The summed E-state index contributed by atoms with van der Waals surface area (Å²) < 4.78 is 0. The molecular formula is C25H32ClN3O. The van der Waals surface area contributed by atoms with Gasteiger partial charge in [-0.25, -0.2) is 0 Å². The Labute approximate surface area is 185 Å². The molecule has 2 aliphatic heterocycles. The Hall–Kier alpha value is -2.04. The van der Waals surface area contributed by atoms with E-state index in [1.54, 1.807) is 0 Å². The van der Waals surface area contributed by atoms with Crippen molar-refractivity contribution < 1.29 is 4.79 Å². The number of piperazine rings is 1. The summed E-state index contributed by atoms with van der Waals surface area (Å²) >= 11 is 6.32. The van der Waals surface area contributed by atoms with Crippen molar-refractivity contribution in [2.75, 3.05) is 37.6 Å². The highest BCUT2D eigenvalue weighted by atomic mass is 35.5. The summed E-state index contributed by atoms with van der Waals surface area (Å²) in [5.74, 6) is 0.256. The largest absolute Gasteiger partial charge is 0.369 e. The molecule has 0 aliphatic carbocycles. The van der Waals surface area contributed by atoms with Crippen molar-refractivity contribution in [3.8, 4) is 0 Å². The van der Waals surface area contributed by atoms with Crippen LogP contribution in [0.25, 0.3) is 0 Å². The van der Waals surface area contributed by atoms with Crippen LogP contribution < -0.4 is 4.90 Å². The Morgan fingerprint density at radius 2 is 1.70 bits per heavy atom. The normalized spacial score (nSPS) is 21.0. The van der Waals surface area contributed by atoms with E-state index in [0.29, 0.717) is 19.0 Å². The molecule has 2 fully saturated rings. The number of rotatable bonds is 4. The van der Waals surface area contributed by atoms with Crippen LogP contribution in [0.1, 0.15) is 36.0 Å². The van der Waals surface area contributed by atoms with Gasteiger partial charge in [-0.15, -0.1) is 0 Å². The van der Waals surface area contributed by atoms with Crippen molar-refractivity contribution in [1.82, 2.24) is 9.80 Å². The average Bonchev–Trinajstić information content (AvgIpc) is 2.94. The maximum atomic E-state index is 12.7. The van der Waals surface area contributed by atoms with Gasteiger partial charge in [0.2, 0.25) is 5.91 Å². The van der Waals surface area contributed by atoms with Gasteiger partial charge in [-0.1, -0.05) is 41.9 Å². The fourth-order valence-electron chi connectivity index (χ4n) is 4.79. The number of aryl methyl sites for hydroxylation is 1. The summed E-state index contributed by atoms with van der Waals surface area (Å²) in [4.78, 5) is 19.8. The van der Waals surface area contributed by atoms with Gasteiger partial charge in [0, 0.05) is 62.4 Å². The Kier molecular flexibility index (Phi) is 6.64. The quantitative estimate of drug-likeness (QED) is 0.712. The fourth-order valence-corrected chi connectivity index (χ4v) is 4.99. The molecule has 4 rings (SSSR count). The molecule has 2 aliphatic rings. The number of benzene rings is 2. The van der Waals surface area contributed by atoms with E-state index in [1.165, 1.54) is 16.8 Å². The maximum Gasteiger partial charge on any atom is 0.222 e. The van der Waals surface area contributed by atoms with Crippen molar-refractivity contribution in [2.24, 2.45) is 0 Å². The first-order valence-corrected chi connectivity index (χ1v) is 11.5. The van der Waals surface area contributed by atoms with Crippen LogP contribution in [0, 0.1) is 13.8 Å². The molecule has 1 amide bonds. The van der Waals surface area contributed by atoms with Crippen LogP contribution in [-0.2, 0) is 11.3 Å². The first-order chi connectivity index (χ1) is 14.5. The molecular weight excluding hydrogens is 394 g/mol. The second-order valence-electron chi connectivity index (χ2n) is 8.63. The fraction of sp³-hybridized carbons (Fsp3) is 0.480. The van der Waals surface area contributed by atoms with Gasteiger partial charge >= 0.3 is 0 Å². The highest BCUT2D eigenvalue weighted by Gasteiger charge is 2.29. The molecule has 1 atom stereocenters. The predicted octanol–water partition coefficient (Wildman–Crippen LogP) is 4.66. The predicted molar refractivity (Wildman–Crippen MR) is 124 cm³/mol. The number of hydrogen-bond donors (Lipinski definition) is 0. The highest BCUT2D eigenvalue weighted by Crippen LogP contribution is 2.26. The summed E-state index contributed by atoms with van der Waals surface area (Å²) in [6.07, 6.45) is 2.63. The molecule has 2 heterocycles. The summed E-state index contributed by atoms with van der Waals surface area (Å²) in [5, 5.41) is 0.744. The number of anilines is 1. The lowest BCUT2D eigenvalue weighted by Crippen LogP contribution is -2.50. The van der Waals surface area contributed by atoms with Gasteiger partial charge in [-0.3, -0.25) is 9.69 Å². The number of likely N-dealkylation sites (tertiary alicyclic amines) is 1. The van der Waals surface area contributed by atoms with Crippen LogP contribution >= 0.6 is 11.6 Å². The molecule has 0 bridgehead atoms. The van der Waals surface area contributed by atoms with Gasteiger partial charge in [-0.2, -0.15) is 0 Å².